The molecule has 19 heavy (non-hydrogen) atoms. The van der Waals surface area contributed by atoms with E-state index in [0.29, 0.717) is 11.3 Å². The van der Waals surface area contributed by atoms with Gasteiger partial charge in [-0.25, -0.2) is 0 Å². The fraction of sp³-hybridized carbons (Fsp3) is 0.562. The van der Waals surface area contributed by atoms with Gasteiger partial charge in [-0.05, 0) is 43.7 Å². The fourth-order valence-electron chi connectivity index (χ4n) is 3.87. The Balaban J connectivity index is 1.65. The van der Waals surface area contributed by atoms with E-state index < -0.39 is 0 Å². The maximum atomic E-state index is 12.7. The number of benzene rings is 1. The fourth-order valence-corrected chi connectivity index (χ4v) is 3.87. The lowest BCUT2D eigenvalue weighted by molar-refractivity contribution is -0.122. The lowest BCUT2D eigenvalue weighted by atomic mass is 9.99. The van der Waals surface area contributed by atoms with Crippen molar-refractivity contribution in [2.24, 2.45) is 11.7 Å². The maximum Gasteiger partial charge on any atom is 0.230 e. The molecule has 0 saturated heterocycles. The zero-order valence-corrected chi connectivity index (χ0v) is 11.1. The molecule has 1 spiro atoms. The first-order valence-corrected chi connectivity index (χ1v) is 7.36. The monoisotopic (exact) mass is 256 g/mol. The van der Waals surface area contributed by atoms with E-state index in [1.807, 2.05) is 11.0 Å². The molecule has 1 aromatic carbocycles. The predicted molar refractivity (Wildman–Crippen MR) is 75.0 cm³/mol. The molecule has 2 unspecified atom stereocenters. The van der Waals surface area contributed by atoms with Gasteiger partial charge in [0.05, 0.1) is 0 Å². The Kier molecular flexibility index (Phi) is 2.31. The third-order valence-electron chi connectivity index (χ3n) is 5.17. The minimum absolute atomic E-state index is 0.150. The minimum atomic E-state index is 0.150. The van der Waals surface area contributed by atoms with E-state index in [-0.39, 0.29) is 12.0 Å². The van der Waals surface area contributed by atoms with E-state index in [4.69, 9.17) is 5.73 Å². The number of carbonyl (C=O) groups is 1. The van der Waals surface area contributed by atoms with Gasteiger partial charge >= 0.3 is 0 Å². The van der Waals surface area contributed by atoms with Gasteiger partial charge in [0, 0.05) is 29.6 Å². The Hall–Kier alpha value is -1.35. The third kappa shape index (κ3) is 1.64. The zero-order chi connectivity index (χ0) is 13.0. The van der Waals surface area contributed by atoms with E-state index in [1.54, 1.807) is 0 Å². The summed E-state index contributed by atoms with van der Waals surface area (Å²) in [5.41, 5.74) is 8.80. The molecule has 1 amide bonds. The van der Waals surface area contributed by atoms with E-state index in [0.717, 1.165) is 31.5 Å². The Morgan fingerprint density at radius 2 is 2.05 bits per heavy atom. The van der Waals surface area contributed by atoms with Crippen molar-refractivity contribution in [3.8, 4) is 0 Å². The van der Waals surface area contributed by atoms with Crippen LogP contribution >= 0.6 is 0 Å². The second-order valence-corrected chi connectivity index (χ2v) is 6.49. The Bertz CT molecular complexity index is 535. The lowest BCUT2D eigenvalue weighted by Crippen LogP contribution is -2.36. The van der Waals surface area contributed by atoms with Crippen LogP contribution in [-0.4, -0.2) is 18.5 Å². The highest BCUT2D eigenvalue weighted by atomic mass is 16.2. The molecule has 2 atom stereocenters. The third-order valence-corrected chi connectivity index (χ3v) is 5.17. The molecule has 1 aromatic rings. The van der Waals surface area contributed by atoms with Crippen LogP contribution in [-0.2, 0) is 10.2 Å². The van der Waals surface area contributed by atoms with Gasteiger partial charge in [-0.2, -0.15) is 0 Å². The van der Waals surface area contributed by atoms with Crippen LogP contribution in [0, 0.1) is 5.92 Å². The summed E-state index contributed by atoms with van der Waals surface area (Å²) in [6.45, 7) is 0.900. The number of rotatable bonds is 1. The van der Waals surface area contributed by atoms with Gasteiger partial charge < -0.3 is 10.6 Å². The summed E-state index contributed by atoms with van der Waals surface area (Å²) >= 11 is 0. The van der Waals surface area contributed by atoms with Crippen molar-refractivity contribution in [3.05, 3.63) is 29.8 Å². The van der Waals surface area contributed by atoms with Gasteiger partial charge in [0.1, 0.15) is 0 Å². The molecule has 0 radical (unpaired) electrons. The van der Waals surface area contributed by atoms with Crippen LogP contribution in [0.3, 0.4) is 0 Å². The summed E-state index contributed by atoms with van der Waals surface area (Å²) in [6.07, 6.45) is 5.29. The van der Waals surface area contributed by atoms with E-state index in [2.05, 4.69) is 18.2 Å². The summed E-state index contributed by atoms with van der Waals surface area (Å²) in [5.74, 6) is 0.459. The number of para-hydroxylation sites is 1. The number of amides is 1. The molecule has 3 aliphatic rings. The van der Waals surface area contributed by atoms with Crippen molar-refractivity contribution in [3.63, 3.8) is 0 Å². The van der Waals surface area contributed by atoms with E-state index in [1.165, 1.54) is 18.4 Å². The Morgan fingerprint density at radius 3 is 2.74 bits per heavy atom. The standard InChI is InChI=1S/C16H20N2O/c17-12-6-5-11(9-12)15(19)18-10-16(7-8-16)13-3-1-2-4-14(13)18/h1-4,11-12H,5-10,17H2. The number of nitrogens with two attached hydrogens (primary N) is 1. The van der Waals surface area contributed by atoms with Gasteiger partial charge in [-0.15, -0.1) is 0 Å². The smallest absolute Gasteiger partial charge is 0.230 e. The minimum Gasteiger partial charge on any atom is -0.328 e. The highest BCUT2D eigenvalue weighted by Gasteiger charge is 2.53. The van der Waals surface area contributed by atoms with Crippen LogP contribution in [0.1, 0.15) is 37.7 Å². The summed E-state index contributed by atoms with van der Waals surface area (Å²) in [6, 6.07) is 8.67. The number of carbonyl (C=O) groups excluding carboxylic acids is 1. The molecule has 0 aromatic heterocycles. The van der Waals surface area contributed by atoms with Crippen molar-refractivity contribution in [1.82, 2.24) is 0 Å². The highest BCUT2D eigenvalue weighted by molar-refractivity contribution is 5.98. The molecule has 1 heterocycles. The number of anilines is 1. The van der Waals surface area contributed by atoms with Gasteiger partial charge in [-0.3, -0.25) is 4.79 Å². The Labute approximate surface area is 113 Å². The quantitative estimate of drug-likeness (QED) is 0.837. The van der Waals surface area contributed by atoms with Crippen molar-refractivity contribution < 1.29 is 4.79 Å². The predicted octanol–water partition coefficient (Wildman–Crippen LogP) is 2.19. The van der Waals surface area contributed by atoms with Crippen LogP contribution in [0.15, 0.2) is 24.3 Å². The second-order valence-electron chi connectivity index (χ2n) is 6.49. The largest absolute Gasteiger partial charge is 0.328 e. The maximum absolute atomic E-state index is 12.7. The highest BCUT2D eigenvalue weighted by Crippen LogP contribution is 2.56. The molecular formula is C16H20N2O. The number of hydrogen-bond acceptors (Lipinski definition) is 2. The number of fused-ring (bicyclic) bond motifs is 2. The van der Waals surface area contributed by atoms with Crippen LogP contribution in [0.2, 0.25) is 0 Å². The van der Waals surface area contributed by atoms with Crippen molar-refractivity contribution in [2.45, 2.75) is 43.6 Å². The van der Waals surface area contributed by atoms with Gasteiger partial charge in [0.15, 0.2) is 0 Å². The summed E-state index contributed by atoms with van der Waals surface area (Å²) < 4.78 is 0. The molecule has 3 nitrogen and oxygen atoms in total. The van der Waals surface area contributed by atoms with Crippen LogP contribution < -0.4 is 10.6 Å². The molecule has 100 valence electrons. The summed E-state index contributed by atoms with van der Waals surface area (Å²) in [5, 5.41) is 0. The molecule has 2 fully saturated rings. The first kappa shape index (κ1) is 11.5. The van der Waals surface area contributed by atoms with Gasteiger partial charge in [0.25, 0.3) is 0 Å². The van der Waals surface area contributed by atoms with Crippen molar-refractivity contribution >= 4 is 11.6 Å². The summed E-state index contributed by atoms with van der Waals surface area (Å²) in [4.78, 5) is 14.8. The topological polar surface area (TPSA) is 46.3 Å². The molecule has 0 bridgehead atoms. The lowest BCUT2D eigenvalue weighted by Gasteiger charge is -2.21. The molecular weight excluding hydrogens is 236 g/mol. The second kappa shape index (κ2) is 3.83. The van der Waals surface area contributed by atoms with E-state index in [9.17, 15) is 4.79 Å². The average molecular weight is 256 g/mol. The number of nitrogens with zero attached hydrogens (tertiary/aromatic N) is 1. The van der Waals surface area contributed by atoms with Crippen molar-refractivity contribution in [2.75, 3.05) is 11.4 Å². The normalized spacial score (nSPS) is 30.7. The molecule has 2 saturated carbocycles. The molecule has 4 rings (SSSR count). The molecule has 2 N–H and O–H groups in total. The van der Waals surface area contributed by atoms with E-state index >= 15 is 0 Å². The van der Waals surface area contributed by atoms with Crippen LogP contribution in [0.25, 0.3) is 0 Å². The molecule has 2 aliphatic carbocycles. The molecule has 1 aliphatic heterocycles. The first-order valence-electron chi connectivity index (χ1n) is 7.36. The van der Waals surface area contributed by atoms with Crippen LogP contribution in [0.5, 0.6) is 0 Å². The Morgan fingerprint density at radius 1 is 1.26 bits per heavy atom. The SMILES string of the molecule is NC1CCC(C(=O)N2CC3(CC3)c3ccccc32)C1. The summed E-state index contributed by atoms with van der Waals surface area (Å²) in [7, 11) is 0. The van der Waals surface area contributed by atoms with Gasteiger partial charge in [0.2, 0.25) is 5.91 Å². The average Bonchev–Trinajstić information content (AvgIpc) is 2.95. The first-order chi connectivity index (χ1) is 9.20. The molecule has 3 heteroatoms. The van der Waals surface area contributed by atoms with Gasteiger partial charge in [-0.1, -0.05) is 18.2 Å². The van der Waals surface area contributed by atoms with Crippen molar-refractivity contribution in [1.29, 1.82) is 0 Å². The number of hydrogen-bond donors (Lipinski definition) is 1. The van der Waals surface area contributed by atoms with Crippen LogP contribution in [0.4, 0.5) is 5.69 Å². The zero-order valence-electron chi connectivity index (χ0n) is 11.1.